The smallest absolute Gasteiger partial charge is 0.328 e. The standard InChI is InChI=1S/C29H35N7O2/c1-17(2)18-12-14-19(15-13-18)25-24-21(20-10-8-9-11-22(20)30-24)16-23(26(37)38-7)36(25)29-32-27(34(3)4)31-28(33-29)35(5)6/h8-15,17,23,25,30H,16H2,1-7H3/t23-,25+/m0/s1. The lowest BCUT2D eigenvalue weighted by atomic mass is 9.87. The van der Waals surface area contributed by atoms with Gasteiger partial charge >= 0.3 is 5.97 Å². The molecular weight excluding hydrogens is 478 g/mol. The fourth-order valence-electron chi connectivity index (χ4n) is 5.12. The molecular formula is C29H35N7O2. The van der Waals surface area contributed by atoms with Gasteiger partial charge in [0.25, 0.3) is 0 Å². The summed E-state index contributed by atoms with van der Waals surface area (Å²) in [5.41, 5.74) is 5.46. The van der Waals surface area contributed by atoms with E-state index in [1.54, 1.807) is 0 Å². The normalized spacial score (nSPS) is 17.0. The van der Waals surface area contributed by atoms with Gasteiger partial charge in [0.05, 0.1) is 13.2 Å². The van der Waals surface area contributed by atoms with E-state index in [1.807, 2.05) is 55.0 Å². The predicted molar refractivity (Wildman–Crippen MR) is 151 cm³/mol. The summed E-state index contributed by atoms with van der Waals surface area (Å²) in [4.78, 5) is 37.0. The van der Waals surface area contributed by atoms with Crippen LogP contribution in [0.25, 0.3) is 10.9 Å². The lowest BCUT2D eigenvalue weighted by Gasteiger charge is -2.41. The Hall–Kier alpha value is -4.14. The number of esters is 1. The second-order valence-corrected chi connectivity index (χ2v) is 10.5. The summed E-state index contributed by atoms with van der Waals surface area (Å²) < 4.78 is 5.35. The molecule has 38 heavy (non-hydrogen) atoms. The van der Waals surface area contributed by atoms with Gasteiger partial charge in [0.1, 0.15) is 6.04 Å². The summed E-state index contributed by atoms with van der Waals surface area (Å²) in [5.74, 6) is 1.53. The van der Waals surface area contributed by atoms with Gasteiger partial charge in [0, 0.05) is 51.2 Å². The van der Waals surface area contributed by atoms with E-state index >= 15 is 0 Å². The van der Waals surface area contributed by atoms with Crippen molar-refractivity contribution in [2.45, 2.75) is 38.3 Å². The van der Waals surface area contributed by atoms with E-state index in [9.17, 15) is 4.79 Å². The molecule has 1 aliphatic heterocycles. The maximum Gasteiger partial charge on any atom is 0.328 e. The van der Waals surface area contributed by atoms with E-state index in [4.69, 9.17) is 14.7 Å². The number of nitrogens with one attached hydrogen (secondary N) is 1. The molecule has 198 valence electrons. The van der Waals surface area contributed by atoms with Crippen molar-refractivity contribution < 1.29 is 9.53 Å². The number of methoxy groups -OCH3 is 1. The minimum Gasteiger partial charge on any atom is -0.467 e. The molecule has 0 aliphatic carbocycles. The van der Waals surface area contributed by atoms with Crippen LogP contribution in [0.2, 0.25) is 0 Å². The first-order valence-corrected chi connectivity index (χ1v) is 12.9. The highest BCUT2D eigenvalue weighted by Crippen LogP contribution is 2.43. The van der Waals surface area contributed by atoms with Crippen LogP contribution < -0.4 is 14.7 Å². The van der Waals surface area contributed by atoms with Gasteiger partial charge in [-0.25, -0.2) is 4.79 Å². The molecule has 4 aromatic rings. The van der Waals surface area contributed by atoms with Crippen LogP contribution in [-0.4, -0.2) is 67.2 Å². The minimum atomic E-state index is -0.631. The summed E-state index contributed by atoms with van der Waals surface area (Å²) in [6, 6.07) is 15.8. The second kappa shape index (κ2) is 9.96. The molecule has 0 fully saturated rings. The molecule has 1 N–H and O–H groups in total. The highest BCUT2D eigenvalue weighted by molar-refractivity contribution is 5.89. The van der Waals surface area contributed by atoms with E-state index in [1.165, 1.54) is 12.7 Å². The Morgan fingerprint density at radius 3 is 2.18 bits per heavy atom. The third-order valence-electron chi connectivity index (χ3n) is 7.15. The number of hydrogen-bond donors (Lipinski definition) is 1. The van der Waals surface area contributed by atoms with Gasteiger partial charge in [-0.3, -0.25) is 0 Å². The van der Waals surface area contributed by atoms with Crippen molar-refractivity contribution in [3.8, 4) is 0 Å². The average Bonchev–Trinajstić information content (AvgIpc) is 3.29. The lowest BCUT2D eigenvalue weighted by molar-refractivity contribution is -0.142. The quantitative estimate of drug-likeness (QED) is 0.382. The summed E-state index contributed by atoms with van der Waals surface area (Å²) in [6.45, 7) is 4.36. The Balaban J connectivity index is 1.79. The predicted octanol–water partition coefficient (Wildman–Crippen LogP) is 4.30. The topological polar surface area (TPSA) is 90.5 Å². The van der Waals surface area contributed by atoms with Gasteiger partial charge in [-0.15, -0.1) is 0 Å². The number of aromatic nitrogens is 4. The van der Waals surface area contributed by atoms with Crippen molar-refractivity contribution in [3.05, 3.63) is 70.9 Å². The van der Waals surface area contributed by atoms with E-state index < -0.39 is 6.04 Å². The number of aromatic amines is 1. The number of ether oxygens (including phenoxy) is 1. The number of benzene rings is 2. The zero-order chi connectivity index (χ0) is 27.1. The van der Waals surface area contributed by atoms with Crippen LogP contribution >= 0.6 is 0 Å². The van der Waals surface area contributed by atoms with E-state index in [-0.39, 0.29) is 12.0 Å². The molecule has 2 atom stereocenters. The van der Waals surface area contributed by atoms with E-state index in [0.717, 1.165) is 27.7 Å². The van der Waals surface area contributed by atoms with Gasteiger partial charge in [-0.2, -0.15) is 15.0 Å². The SMILES string of the molecule is COC(=O)[C@@H]1Cc2c([nH]c3ccccc23)[C@@H](c2ccc(C(C)C)cc2)N1c1nc(N(C)C)nc(N(C)C)n1. The number of anilines is 3. The summed E-state index contributed by atoms with van der Waals surface area (Å²) in [6.07, 6.45) is 0.465. The van der Waals surface area contributed by atoms with Crippen LogP contribution in [0.5, 0.6) is 0 Å². The zero-order valence-electron chi connectivity index (χ0n) is 23.1. The van der Waals surface area contributed by atoms with Gasteiger partial charge in [-0.1, -0.05) is 56.3 Å². The van der Waals surface area contributed by atoms with Crippen LogP contribution in [0.4, 0.5) is 17.8 Å². The van der Waals surface area contributed by atoms with E-state index in [2.05, 4.69) is 60.2 Å². The Morgan fingerprint density at radius 1 is 0.974 bits per heavy atom. The number of carbonyl (C=O) groups excluding carboxylic acids is 1. The van der Waals surface area contributed by atoms with Gasteiger partial charge in [0.15, 0.2) is 0 Å². The largest absolute Gasteiger partial charge is 0.467 e. The van der Waals surface area contributed by atoms with Crippen molar-refractivity contribution in [2.24, 2.45) is 0 Å². The molecule has 9 heteroatoms. The Morgan fingerprint density at radius 2 is 1.61 bits per heavy atom. The first kappa shape index (κ1) is 25.5. The number of H-pyrrole nitrogens is 1. The highest BCUT2D eigenvalue weighted by Gasteiger charge is 2.43. The highest BCUT2D eigenvalue weighted by atomic mass is 16.5. The Kier molecular flexibility index (Phi) is 6.69. The third-order valence-corrected chi connectivity index (χ3v) is 7.15. The molecule has 0 spiro atoms. The number of nitrogens with zero attached hydrogens (tertiary/aromatic N) is 6. The Bertz CT molecular complexity index is 1430. The van der Waals surface area contributed by atoms with Gasteiger partial charge in [-0.05, 0) is 28.7 Å². The fourth-order valence-corrected chi connectivity index (χ4v) is 5.12. The number of hydrogen-bond acceptors (Lipinski definition) is 8. The molecule has 0 amide bonds. The maximum atomic E-state index is 13.4. The first-order chi connectivity index (χ1) is 18.2. The number of rotatable bonds is 6. The zero-order valence-corrected chi connectivity index (χ0v) is 23.1. The molecule has 2 aromatic carbocycles. The van der Waals surface area contributed by atoms with Crippen molar-refractivity contribution in [3.63, 3.8) is 0 Å². The molecule has 0 unspecified atom stereocenters. The van der Waals surface area contributed by atoms with Crippen molar-refractivity contribution >= 4 is 34.7 Å². The molecule has 0 saturated carbocycles. The molecule has 0 radical (unpaired) electrons. The molecule has 9 nitrogen and oxygen atoms in total. The van der Waals surface area contributed by atoms with Gasteiger partial charge < -0.3 is 24.4 Å². The van der Waals surface area contributed by atoms with Crippen molar-refractivity contribution in [2.75, 3.05) is 50.0 Å². The lowest BCUT2D eigenvalue weighted by Crippen LogP contribution is -2.50. The maximum absolute atomic E-state index is 13.4. The molecule has 1 aliphatic rings. The van der Waals surface area contributed by atoms with Gasteiger partial charge in [0.2, 0.25) is 17.8 Å². The molecule has 3 heterocycles. The van der Waals surface area contributed by atoms with Crippen LogP contribution in [0.1, 0.15) is 48.2 Å². The number of para-hydroxylation sites is 1. The van der Waals surface area contributed by atoms with Crippen molar-refractivity contribution in [1.29, 1.82) is 0 Å². The molecule has 0 bridgehead atoms. The third kappa shape index (κ3) is 4.42. The van der Waals surface area contributed by atoms with Crippen LogP contribution in [0, 0.1) is 0 Å². The van der Waals surface area contributed by atoms with Crippen molar-refractivity contribution in [1.82, 2.24) is 19.9 Å². The van der Waals surface area contributed by atoms with E-state index in [0.29, 0.717) is 30.2 Å². The molecule has 2 aromatic heterocycles. The summed E-state index contributed by atoms with van der Waals surface area (Å²) in [7, 11) is 9.01. The molecule has 0 saturated heterocycles. The van der Waals surface area contributed by atoms with Crippen LogP contribution in [0.15, 0.2) is 48.5 Å². The first-order valence-electron chi connectivity index (χ1n) is 12.9. The minimum absolute atomic E-state index is 0.331. The number of fused-ring (bicyclic) bond motifs is 3. The Labute approximate surface area is 223 Å². The fraction of sp³-hybridized carbons (Fsp3) is 0.379. The van der Waals surface area contributed by atoms with Crippen LogP contribution in [0.3, 0.4) is 0 Å². The summed E-state index contributed by atoms with van der Waals surface area (Å²) >= 11 is 0. The monoisotopic (exact) mass is 513 g/mol. The number of carbonyl (C=O) groups is 1. The molecule has 5 rings (SSSR count). The summed E-state index contributed by atoms with van der Waals surface area (Å²) in [5, 5.41) is 1.11. The second-order valence-electron chi connectivity index (χ2n) is 10.5. The average molecular weight is 514 g/mol. The van der Waals surface area contributed by atoms with Crippen LogP contribution in [-0.2, 0) is 16.0 Å².